The minimum Gasteiger partial charge on any atom is -0.497 e. The highest BCUT2D eigenvalue weighted by Gasteiger charge is 2.20. The molecule has 0 aliphatic carbocycles. The second-order valence-corrected chi connectivity index (χ2v) is 5.91. The van der Waals surface area contributed by atoms with Gasteiger partial charge in [-0.25, -0.2) is 0 Å². The summed E-state index contributed by atoms with van der Waals surface area (Å²) in [4.78, 5) is 2.44. The Morgan fingerprint density at radius 3 is 2.86 bits per heavy atom. The van der Waals surface area contributed by atoms with Crippen molar-refractivity contribution in [1.29, 1.82) is 0 Å². The Hall–Kier alpha value is -1.85. The molecule has 22 heavy (non-hydrogen) atoms. The van der Waals surface area contributed by atoms with E-state index in [2.05, 4.69) is 39.6 Å². The number of methoxy groups -OCH3 is 1. The first-order chi connectivity index (χ1) is 10.8. The van der Waals surface area contributed by atoms with Crippen LogP contribution in [0.1, 0.15) is 18.4 Å². The summed E-state index contributed by atoms with van der Waals surface area (Å²) >= 11 is 0. The van der Waals surface area contributed by atoms with Gasteiger partial charge in [-0.05, 0) is 50.7 Å². The quantitative estimate of drug-likeness (QED) is 0.859. The minimum absolute atomic E-state index is 0.663. The van der Waals surface area contributed by atoms with Crippen LogP contribution in [-0.4, -0.2) is 48.4 Å². The Morgan fingerprint density at radius 1 is 1.36 bits per heavy atom. The number of aromatic amines is 1. The first-order valence-corrected chi connectivity index (χ1v) is 7.85. The van der Waals surface area contributed by atoms with Gasteiger partial charge < -0.3 is 15.0 Å². The van der Waals surface area contributed by atoms with Gasteiger partial charge in [0.2, 0.25) is 0 Å². The van der Waals surface area contributed by atoms with Gasteiger partial charge in [0.25, 0.3) is 0 Å². The van der Waals surface area contributed by atoms with Crippen molar-refractivity contribution in [3.63, 3.8) is 0 Å². The molecule has 1 atom stereocenters. The van der Waals surface area contributed by atoms with Crippen LogP contribution >= 0.6 is 0 Å². The zero-order chi connectivity index (χ0) is 15.4. The second kappa shape index (κ2) is 6.94. The van der Waals surface area contributed by atoms with E-state index in [1.165, 1.54) is 24.9 Å². The van der Waals surface area contributed by atoms with Crippen LogP contribution in [0, 0.1) is 0 Å². The molecule has 0 saturated carbocycles. The molecule has 1 aromatic carbocycles. The number of likely N-dealkylation sites (tertiary alicyclic amines) is 1. The standard InChI is InChI=1S/C17H24N4O/c1-21-9-3-4-15(21)12-18-10-14-11-19-20-17(14)13-5-7-16(22-2)8-6-13/h5-8,11,15,18H,3-4,9-10,12H2,1-2H3,(H,19,20)/t15-/m0/s1. The Morgan fingerprint density at radius 2 is 2.18 bits per heavy atom. The Bertz CT molecular complexity index is 593. The molecular weight excluding hydrogens is 276 g/mol. The lowest BCUT2D eigenvalue weighted by molar-refractivity contribution is 0.300. The molecule has 1 fully saturated rings. The highest BCUT2D eigenvalue weighted by molar-refractivity contribution is 5.63. The zero-order valence-corrected chi connectivity index (χ0v) is 13.3. The van der Waals surface area contributed by atoms with Crippen molar-refractivity contribution in [2.24, 2.45) is 0 Å². The smallest absolute Gasteiger partial charge is 0.118 e. The molecule has 1 aliphatic heterocycles. The third-order valence-corrected chi connectivity index (χ3v) is 4.46. The summed E-state index contributed by atoms with van der Waals surface area (Å²) in [5.41, 5.74) is 3.41. The van der Waals surface area contributed by atoms with E-state index in [0.29, 0.717) is 6.04 Å². The number of H-pyrrole nitrogens is 1. The molecule has 2 aromatic rings. The SMILES string of the molecule is COc1ccc(-c2[nH]ncc2CNC[C@@H]2CCCN2C)cc1. The Balaban J connectivity index is 1.61. The number of hydrogen-bond donors (Lipinski definition) is 2. The van der Waals surface area contributed by atoms with Gasteiger partial charge in [-0.15, -0.1) is 0 Å². The van der Waals surface area contributed by atoms with E-state index < -0.39 is 0 Å². The van der Waals surface area contributed by atoms with E-state index >= 15 is 0 Å². The summed E-state index contributed by atoms with van der Waals surface area (Å²) < 4.78 is 5.21. The molecule has 0 radical (unpaired) electrons. The third kappa shape index (κ3) is 3.31. The van der Waals surface area contributed by atoms with Gasteiger partial charge >= 0.3 is 0 Å². The van der Waals surface area contributed by atoms with Gasteiger partial charge in [0.15, 0.2) is 0 Å². The van der Waals surface area contributed by atoms with Gasteiger partial charge in [0.05, 0.1) is 19.0 Å². The average Bonchev–Trinajstić information content (AvgIpc) is 3.17. The summed E-state index contributed by atoms with van der Waals surface area (Å²) in [6, 6.07) is 8.72. The first-order valence-electron chi connectivity index (χ1n) is 7.85. The van der Waals surface area contributed by atoms with E-state index in [-0.39, 0.29) is 0 Å². The van der Waals surface area contributed by atoms with E-state index in [0.717, 1.165) is 30.1 Å². The summed E-state index contributed by atoms with van der Waals surface area (Å²) in [5, 5.41) is 10.9. The Kier molecular flexibility index (Phi) is 4.75. The molecule has 5 heteroatoms. The monoisotopic (exact) mass is 300 g/mol. The topological polar surface area (TPSA) is 53.2 Å². The highest BCUT2D eigenvalue weighted by atomic mass is 16.5. The molecular formula is C17H24N4O. The van der Waals surface area contributed by atoms with Crippen LogP contribution < -0.4 is 10.1 Å². The summed E-state index contributed by atoms with van der Waals surface area (Å²) in [7, 11) is 3.89. The van der Waals surface area contributed by atoms with Gasteiger partial charge in [0.1, 0.15) is 5.75 Å². The number of benzene rings is 1. The van der Waals surface area contributed by atoms with Crippen LogP contribution in [0.5, 0.6) is 5.75 Å². The highest BCUT2D eigenvalue weighted by Crippen LogP contribution is 2.23. The maximum absolute atomic E-state index is 5.21. The van der Waals surface area contributed by atoms with E-state index in [1.54, 1.807) is 7.11 Å². The van der Waals surface area contributed by atoms with Crippen LogP contribution in [-0.2, 0) is 6.54 Å². The van der Waals surface area contributed by atoms with E-state index in [9.17, 15) is 0 Å². The van der Waals surface area contributed by atoms with Gasteiger partial charge in [-0.2, -0.15) is 5.10 Å². The van der Waals surface area contributed by atoms with E-state index in [1.807, 2.05) is 18.3 Å². The first kappa shape index (κ1) is 15.1. The molecule has 3 rings (SSSR count). The fraction of sp³-hybridized carbons (Fsp3) is 0.471. The maximum atomic E-state index is 5.21. The zero-order valence-electron chi connectivity index (χ0n) is 13.3. The largest absolute Gasteiger partial charge is 0.497 e. The number of aromatic nitrogens is 2. The lowest BCUT2D eigenvalue weighted by Gasteiger charge is -2.19. The third-order valence-electron chi connectivity index (χ3n) is 4.46. The summed E-state index contributed by atoms with van der Waals surface area (Å²) in [6.45, 7) is 3.08. The average molecular weight is 300 g/mol. The molecule has 1 aromatic heterocycles. The maximum Gasteiger partial charge on any atom is 0.118 e. The molecule has 118 valence electrons. The van der Waals surface area contributed by atoms with Crippen molar-refractivity contribution < 1.29 is 4.74 Å². The van der Waals surface area contributed by atoms with Crippen LogP contribution in [0.15, 0.2) is 30.5 Å². The molecule has 1 aliphatic rings. The van der Waals surface area contributed by atoms with Crippen molar-refractivity contribution in [1.82, 2.24) is 20.4 Å². The lowest BCUT2D eigenvalue weighted by atomic mass is 10.1. The van der Waals surface area contributed by atoms with E-state index in [4.69, 9.17) is 4.74 Å². The molecule has 1 saturated heterocycles. The number of ether oxygens (including phenoxy) is 1. The number of rotatable bonds is 6. The minimum atomic E-state index is 0.663. The van der Waals surface area contributed by atoms with Crippen LogP contribution in [0.25, 0.3) is 11.3 Å². The number of nitrogens with one attached hydrogen (secondary N) is 2. The predicted octanol–water partition coefficient (Wildman–Crippen LogP) is 2.27. The van der Waals surface area contributed by atoms with Crippen molar-refractivity contribution in [2.45, 2.75) is 25.4 Å². The molecule has 5 nitrogen and oxygen atoms in total. The van der Waals surface area contributed by atoms with Crippen molar-refractivity contribution >= 4 is 0 Å². The number of nitrogens with zero attached hydrogens (tertiary/aromatic N) is 2. The molecule has 2 N–H and O–H groups in total. The van der Waals surface area contributed by atoms with Crippen LogP contribution in [0.2, 0.25) is 0 Å². The lowest BCUT2D eigenvalue weighted by Crippen LogP contribution is -2.35. The molecule has 2 heterocycles. The van der Waals surface area contributed by atoms with Crippen LogP contribution in [0.4, 0.5) is 0 Å². The van der Waals surface area contributed by atoms with Crippen molar-refractivity contribution in [3.8, 4) is 17.0 Å². The second-order valence-electron chi connectivity index (χ2n) is 5.91. The summed E-state index contributed by atoms with van der Waals surface area (Å²) in [5.74, 6) is 0.868. The van der Waals surface area contributed by atoms with Gasteiger partial charge in [-0.3, -0.25) is 5.10 Å². The normalized spacial score (nSPS) is 18.7. The number of likely N-dealkylation sites (N-methyl/N-ethyl adjacent to an activating group) is 1. The van der Waals surface area contributed by atoms with Crippen molar-refractivity contribution in [2.75, 3.05) is 27.2 Å². The van der Waals surface area contributed by atoms with Crippen LogP contribution in [0.3, 0.4) is 0 Å². The fourth-order valence-corrected chi connectivity index (χ4v) is 3.06. The molecule has 0 unspecified atom stereocenters. The molecule has 0 spiro atoms. The predicted molar refractivity (Wildman–Crippen MR) is 87.9 cm³/mol. The summed E-state index contributed by atoms with van der Waals surface area (Å²) in [6.07, 6.45) is 4.51. The molecule has 0 bridgehead atoms. The Labute approximate surface area is 131 Å². The van der Waals surface area contributed by atoms with Gasteiger partial charge in [0, 0.05) is 30.3 Å². The van der Waals surface area contributed by atoms with Gasteiger partial charge in [-0.1, -0.05) is 0 Å². The number of hydrogen-bond acceptors (Lipinski definition) is 4. The molecule has 0 amide bonds. The fourth-order valence-electron chi connectivity index (χ4n) is 3.06. The van der Waals surface area contributed by atoms with Crippen molar-refractivity contribution in [3.05, 3.63) is 36.0 Å².